The van der Waals surface area contributed by atoms with Crippen molar-refractivity contribution in [1.82, 2.24) is 15.3 Å². The van der Waals surface area contributed by atoms with Gasteiger partial charge in [-0.2, -0.15) is 0 Å². The predicted molar refractivity (Wildman–Crippen MR) is 47.8 cm³/mol. The van der Waals surface area contributed by atoms with Gasteiger partial charge in [0.2, 0.25) is 0 Å². The summed E-state index contributed by atoms with van der Waals surface area (Å²) in [5.41, 5.74) is 2.72. The van der Waals surface area contributed by atoms with Crippen molar-refractivity contribution in [3.05, 3.63) is 17.7 Å². The molecule has 12 heavy (non-hydrogen) atoms. The molecule has 0 spiro atoms. The number of aromatic nitrogens is 2. The molecule has 0 bridgehead atoms. The Morgan fingerprint density at radius 3 is 2.92 bits per heavy atom. The second kappa shape index (κ2) is 2.59. The van der Waals surface area contributed by atoms with Crippen LogP contribution in [0.1, 0.15) is 31.2 Å². The van der Waals surface area contributed by atoms with Crippen molar-refractivity contribution in [1.29, 1.82) is 0 Å². The number of nitrogens with one attached hydrogen (secondary N) is 2. The SMILES string of the molecule is Cc1[nH]cnc1CNC1(C)CC1. The number of rotatable bonds is 3. The summed E-state index contributed by atoms with van der Waals surface area (Å²) in [7, 11) is 0. The van der Waals surface area contributed by atoms with Crippen LogP contribution in [0.15, 0.2) is 6.33 Å². The summed E-state index contributed by atoms with van der Waals surface area (Å²) in [5, 5.41) is 3.49. The van der Waals surface area contributed by atoms with E-state index < -0.39 is 0 Å². The lowest BCUT2D eigenvalue weighted by atomic mass is 10.3. The first-order chi connectivity index (χ1) is 5.70. The maximum absolute atomic E-state index is 4.23. The molecule has 3 heteroatoms. The Balaban J connectivity index is 1.91. The fourth-order valence-corrected chi connectivity index (χ4v) is 1.23. The average Bonchev–Trinajstić information content (AvgIpc) is 2.61. The Bertz CT molecular complexity index is 273. The zero-order valence-corrected chi connectivity index (χ0v) is 7.65. The molecular weight excluding hydrogens is 150 g/mol. The Labute approximate surface area is 72.6 Å². The molecule has 0 unspecified atom stereocenters. The minimum atomic E-state index is 0.408. The van der Waals surface area contributed by atoms with Gasteiger partial charge in [0.25, 0.3) is 0 Å². The summed E-state index contributed by atoms with van der Waals surface area (Å²) >= 11 is 0. The molecule has 1 aromatic rings. The Morgan fingerprint density at radius 2 is 2.42 bits per heavy atom. The van der Waals surface area contributed by atoms with Gasteiger partial charge in [-0.15, -0.1) is 0 Å². The first kappa shape index (κ1) is 7.80. The van der Waals surface area contributed by atoms with Gasteiger partial charge >= 0.3 is 0 Å². The summed E-state index contributed by atoms with van der Waals surface area (Å²) in [6, 6.07) is 0. The highest BCUT2D eigenvalue weighted by Gasteiger charge is 2.36. The van der Waals surface area contributed by atoms with Gasteiger partial charge in [-0.05, 0) is 26.7 Å². The van der Waals surface area contributed by atoms with E-state index in [-0.39, 0.29) is 0 Å². The fraction of sp³-hybridized carbons (Fsp3) is 0.667. The summed E-state index contributed by atoms with van der Waals surface area (Å²) in [5.74, 6) is 0. The van der Waals surface area contributed by atoms with E-state index in [0.717, 1.165) is 12.2 Å². The maximum atomic E-state index is 4.23. The first-order valence-electron chi connectivity index (χ1n) is 4.43. The van der Waals surface area contributed by atoms with Gasteiger partial charge in [-0.3, -0.25) is 0 Å². The molecule has 0 amide bonds. The third kappa shape index (κ3) is 1.50. The Kier molecular flexibility index (Phi) is 1.68. The lowest BCUT2D eigenvalue weighted by molar-refractivity contribution is 0.532. The molecule has 0 atom stereocenters. The quantitative estimate of drug-likeness (QED) is 0.710. The van der Waals surface area contributed by atoms with Gasteiger partial charge in [-0.25, -0.2) is 4.98 Å². The summed E-state index contributed by atoms with van der Waals surface area (Å²) in [6.45, 7) is 5.21. The van der Waals surface area contributed by atoms with E-state index in [1.54, 1.807) is 6.33 Å². The van der Waals surface area contributed by atoms with Crippen LogP contribution in [-0.4, -0.2) is 15.5 Å². The van der Waals surface area contributed by atoms with Crippen LogP contribution in [0.4, 0.5) is 0 Å². The Hall–Kier alpha value is -0.830. The molecule has 1 aliphatic carbocycles. The molecule has 1 aliphatic rings. The number of hydrogen-bond acceptors (Lipinski definition) is 2. The molecule has 66 valence electrons. The molecule has 0 radical (unpaired) electrons. The second-order valence-electron chi connectivity index (χ2n) is 3.89. The molecule has 2 rings (SSSR count). The third-order valence-corrected chi connectivity index (χ3v) is 2.62. The second-order valence-corrected chi connectivity index (χ2v) is 3.89. The highest BCUT2D eigenvalue weighted by molar-refractivity contribution is 5.10. The van der Waals surface area contributed by atoms with Crippen molar-refractivity contribution in [2.24, 2.45) is 0 Å². The maximum Gasteiger partial charge on any atom is 0.0925 e. The minimum absolute atomic E-state index is 0.408. The van der Waals surface area contributed by atoms with E-state index in [0.29, 0.717) is 5.54 Å². The van der Waals surface area contributed by atoms with Crippen molar-refractivity contribution < 1.29 is 0 Å². The molecule has 1 heterocycles. The minimum Gasteiger partial charge on any atom is -0.348 e. The molecule has 1 fully saturated rings. The molecule has 0 aliphatic heterocycles. The molecular formula is C9H15N3. The summed E-state index contributed by atoms with van der Waals surface area (Å²) in [4.78, 5) is 7.30. The van der Waals surface area contributed by atoms with Gasteiger partial charge in [0.05, 0.1) is 12.0 Å². The van der Waals surface area contributed by atoms with Crippen LogP contribution in [0.5, 0.6) is 0 Å². The number of aryl methyl sites for hydroxylation is 1. The van der Waals surface area contributed by atoms with Gasteiger partial charge in [0, 0.05) is 17.8 Å². The van der Waals surface area contributed by atoms with Crippen LogP contribution in [0.3, 0.4) is 0 Å². The first-order valence-corrected chi connectivity index (χ1v) is 4.43. The van der Waals surface area contributed by atoms with Crippen molar-refractivity contribution in [3.8, 4) is 0 Å². The van der Waals surface area contributed by atoms with E-state index in [2.05, 4.69) is 29.1 Å². The Morgan fingerprint density at radius 1 is 1.67 bits per heavy atom. The van der Waals surface area contributed by atoms with E-state index in [1.165, 1.54) is 18.5 Å². The monoisotopic (exact) mass is 165 g/mol. The number of H-pyrrole nitrogens is 1. The predicted octanol–water partition coefficient (Wildman–Crippen LogP) is 1.36. The highest BCUT2D eigenvalue weighted by atomic mass is 15.0. The lowest BCUT2D eigenvalue weighted by Crippen LogP contribution is -2.27. The largest absolute Gasteiger partial charge is 0.348 e. The van der Waals surface area contributed by atoms with E-state index in [4.69, 9.17) is 0 Å². The topological polar surface area (TPSA) is 40.7 Å². The van der Waals surface area contributed by atoms with Crippen LogP contribution in [-0.2, 0) is 6.54 Å². The number of hydrogen-bond donors (Lipinski definition) is 2. The fourth-order valence-electron chi connectivity index (χ4n) is 1.23. The molecule has 1 saturated carbocycles. The van der Waals surface area contributed by atoms with Gasteiger partial charge in [0.15, 0.2) is 0 Å². The summed E-state index contributed by atoms with van der Waals surface area (Å²) < 4.78 is 0. The number of nitrogens with zero attached hydrogens (tertiary/aromatic N) is 1. The van der Waals surface area contributed by atoms with Crippen LogP contribution in [0, 0.1) is 6.92 Å². The van der Waals surface area contributed by atoms with Crippen LogP contribution >= 0.6 is 0 Å². The molecule has 3 nitrogen and oxygen atoms in total. The number of imidazole rings is 1. The van der Waals surface area contributed by atoms with Crippen LogP contribution < -0.4 is 5.32 Å². The van der Waals surface area contributed by atoms with Crippen molar-refractivity contribution in [3.63, 3.8) is 0 Å². The van der Waals surface area contributed by atoms with Gasteiger partial charge in [-0.1, -0.05) is 0 Å². The average molecular weight is 165 g/mol. The molecule has 0 saturated heterocycles. The lowest BCUT2D eigenvalue weighted by Gasteiger charge is -2.09. The van der Waals surface area contributed by atoms with E-state index in [1.807, 2.05) is 0 Å². The van der Waals surface area contributed by atoms with E-state index >= 15 is 0 Å². The van der Waals surface area contributed by atoms with Crippen molar-refractivity contribution >= 4 is 0 Å². The third-order valence-electron chi connectivity index (χ3n) is 2.62. The summed E-state index contributed by atoms with van der Waals surface area (Å²) in [6.07, 6.45) is 4.36. The standard InChI is InChI=1S/C9H15N3/c1-7-8(11-6-10-7)5-12-9(2)3-4-9/h6,12H,3-5H2,1-2H3,(H,10,11). The highest BCUT2D eigenvalue weighted by Crippen LogP contribution is 2.34. The molecule has 2 N–H and O–H groups in total. The normalized spacial score (nSPS) is 19.5. The van der Waals surface area contributed by atoms with Crippen LogP contribution in [0.25, 0.3) is 0 Å². The van der Waals surface area contributed by atoms with E-state index in [9.17, 15) is 0 Å². The molecule has 0 aromatic carbocycles. The zero-order valence-electron chi connectivity index (χ0n) is 7.65. The number of aromatic amines is 1. The van der Waals surface area contributed by atoms with Gasteiger partial charge < -0.3 is 10.3 Å². The van der Waals surface area contributed by atoms with Crippen molar-refractivity contribution in [2.75, 3.05) is 0 Å². The zero-order chi connectivity index (χ0) is 8.60. The molecule has 1 aromatic heterocycles. The van der Waals surface area contributed by atoms with Gasteiger partial charge in [0.1, 0.15) is 0 Å². The smallest absolute Gasteiger partial charge is 0.0925 e. The van der Waals surface area contributed by atoms with Crippen molar-refractivity contribution in [2.45, 2.75) is 38.8 Å². The van der Waals surface area contributed by atoms with Crippen LogP contribution in [0.2, 0.25) is 0 Å².